The first-order valence-electron chi connectivity index (χ1n) is 9.19. The molecule has 0 radical (unpaired) electrons. The summed E-state index contributed by atoms with van der Waals surface area (Å²) >= 11 is 0. The third-order valence-electron chi connectivity index (χ3n) is 4.77. The summed E-state index contributed by atoms with van der Waals surface area (Å²) < 4.78 is 0. The van der Waals surface area contributed by atoms with E-state index in [9.17, 15) is 9.59 Å². The molecule has 1 saturated heterocycles. The molecule has 0 saturated carbocycles. The second-order valence-corrected chi connectivity index (χ2v) is 6.68. The van der Waals surface area contributed by atoms with Gasteiger partial charge in [0.1, 0.15) is 0 Å². The van der Waals surface area contributed by atoms with E-state index in [0.717, 1.165) is 18.4 Å². The summed E-state index contributed by atoms with van der Waals surface area (Å²) in [6.07, 6.45) is 6.40. The van der Waals surface area contributed by atoms with Gasteiger partial charge in [-0.1, -0.05) is 31.0 Å². The second-order valence-electron chi connectivity index (χ2n) is 6.68. The predicted molar refractivity (Wildman–Crippen MR) is 106 cm³/mol. The largest absolute Gasteiger partial charge is 0.356 e. The van der Waals surface area contributed by atoms with E-state index in [-0.39, 0.29) is 30.3 Å². The average molecular weight is 379 g/mol. The fraction of sp³-hybridized carbons (Fsp3) is 0.526. The van der Waals surface area contributed by atoms with Gasteiger partial charge in [0.2, 0.25) is 5.91 Å². The predicted octanol–water partition coefficient (Wildman–Crippen LogP) is 2.27. The molecule has 142 valence electrons. The lowest BCUT2D eigenvalue weighted by Gasteiger charge is -2.19. The van der Waals surface area contributed by atoms with Crippen LogP contribution < -0.4 is 10.9 Å². The third kappa shape index (κ3) is 5.54. The molecule has 0 bridgehead atoms. The first kappa shape index (κ1) is 20.4. The van der Waals surface area contributed by atoms with Crippen molar-refractivity contribution < 1.29 is 4.79 Å². The number of rotatable bonds is 6. The van der Waals surface area contributed by atoms with Gasteiger partial charge in [-0.25, -0.2) is 5.10 Å². The summed E-state index contributed by atoms with van der Waals surface area (Å²) in [5.74, 6) is -0.0550. The second kappa shape index (κ2) is 10.3. The molecule has 3 rings (SSSR count). The van der Waals surface area contributed by atoms with Crippen molar-refractivity contribution in [2.75, 3.05) is 26.2 Å². The number of H-pyrrole nitrogens is 1. The Morgan fingerprint density at radius 3 is 2.54 bits per heavy atom. The van der Waals surface area contributed by atoms with Crippen LogP contribution in [0.2, 0.25) is 0 Å². The molecule has 0 atom stereocenters. The lowest BCUT2D eigenvalue weighted by molar-refractivity contribution is -0.120. The van der Waals surface area contributed by atoms with Gasteiger partial charge in [-0.2, -0.15) is 5.10 Å². The molecule has 0 spiro atoms. The van der Waals surface area contributed by atoms with Crippen LogP contribution in [0.5, 0.6) is 0 Å². The number of nitrogens with zero attached hydrogens (tertiary/aromatic N) is 2. The summed E-state index contributed by atoms with van der Waals surface area (Å²) in [5, 5.41) is 10.8. The minimum absolute atomic E-state index is 0. The molecule has 2 heterocycles. The van der Waals surface area contributed by atoms with Crippen LogP contribution >= 0.6 is 12.4 Å². The molecular weight excluding hydrogens is 352 g/mol. The van der Waals surface area contributed by atoms with Gasteiger partial charge < -0.3 is 10.2 Å². The van der Waals surface area contributed by atoms with Crippen molar-refractivity contribution in [2.45, 2.75) is 38.5 Å². The maximum atomic E-state index is 12.2. The average Bonchev–Trinajstić information content (AvgIpc) is 2.90. The van der Waals surface area contributed by atoms with E-state index < -0.39 is 0 Å². The number of benzene rings is 1. The minimum Gasteiger partial charge on any atom is -0.356 e. The van der Waals surface area contributed by atoms with Gasteiger partial charge in [0, 0.05) is 11.9 Å². The summed E-state index contributed by atoms with van der Waals surface area (Å²) in [6, 6.07) is 7.24. The third-order valence-corrected chi connectivity index (χ3v) is 4.77. The molecule has 0 aliphatic carbocycles. The number of carbonyl (C=O) groups is 1. The number of carbonyl (C=O) groups excluding carboxylic acids is 1. The topological polar surface area (TPSA) is 78.1 Å². The normalized spacial score (nSPS) is 15.2. The first-order chi connectivity index (χ1) is 12.2. The standard InChI is InChI=1S/C19H26N4O2.ClH/c24-18(20-10-7-13-23-11-5-1-2-6-12-23)14-17-15-8-3-4-9-16(15)19(25)22-21-17;/h3-4,8-9H,1-2,5-7,10-14H2,(H,20,24)(H,22,25);1H. The van der Waals surface area contributed by atoms with Crippen LogP contribution in [-0.2, 0) is 11.2 Å². The zero-order valence-electron chi connectivity index (χ0n) is 15.0. The van der Waals surface area contributed by atoms with E-state index in [1.807, 2.05) is 18.2 Å². The van der Waals surface area contributed by atoms with Crippen LogP contribution in [0.15, 0.2) is 29.1 Å². The molecule has 0 unspecified atom stereocenters. The van der Waals surface area contributed by atoms with E-state index in [1.165, 1.54) is 38.8 Å². The molecule has 1 aromatic carbocycles. The molecule has 1 amide bonds. The van der Waals surface area contributed by atoms with Crippen LogP contribution in [0.3, 0.4) is 0 Å². The molecule has 2 aromatic rings. The number of halogens is 1. The fourth-order valence-corrected chi connectivity index (χ4v) is 3.41. The maximum absolute atomic E-state index is 12.2. The Kier molecular flexibility index (Phi) is 8.06. The minimum atomic E-state index is -0.225. The Hall–Kier alpha value is -1.92. The van der Waals surface area contributed by atoms with Crippen LogP contribution in [-0.4, -0.2) is 47.2 Å². The van der Waals surface area contributed by atoms with Gasteiger partial charge in [0.15, 0.2) is 0 Å². The lowest BCUT2D eigenvalue weighted by atomic mass is 10.1. The molecule has 26 heavy (non-hydrogen) atoms. The quantitative estimate of drug-likeness (QED) is 0.756. The van der Waals surface area contributed by atoms with Gasteiger partial charge >= 0.3 is 0 Å². The number of amides is 1. The van der Waals surface area contributed by atoms with Crippen LogP contribution in [0.25, 0.3) is 10.8 Å². The Balaban J connectivity index is 0.00000243. The molecule has 1 aliphatic rings. The SMILES string of the molecule is Cl.O=C(Cc1n[nH]c(=O)c2ccccc12)NCCCN1CCCCCC1. The highest BCUT2D eigenvalue weighted by Gasteiger charge is 2.11. The fourth-order valence-electron chi connectivity index (χ4n) is 3.41. The Morgan fingerprint density at radius 1 is 1.12 bits per heavy atom. The molecule has 1 aromatic heterocycles. The van der Waals surface area contributed by atoms with Crippen molar-refractivity contribution in [3.05, 3.63) is 40.3 Å². The van der Waals surface area contributed by atoms with Gasteiger partial charge in [0.05, 0.1) is 17.5 Å². The highest BCUT2D eigenvalue weighted by molar-refractivity contribution is 5.88. The van der Waals surface area contributed by atoms with Crippen molar-refractivity contribution >= 4 is 29.1 Å². The van der Waals surface area contributed by atoms with Crippen LogP contribution in [0.4, 0.5) is 0 Å². The Labute approximate surface area is 159 Å². The smallest absolute Gasteiger partial charge is 0.272 e. The molecule has 7 heteroatoms. The van der Waals surface area contributed by atoms with Gasteiger partial charge in [0.25, 0.3) is 5.56 Å². The van der Waals surface area contributed by atoms with Crippen LogP contribution in [0.1, 0.15) is 37.8 Å². The summed E-state index contributed by atoms with van der Waals surface area (Å²) in [7, 11) is 0. The van der Waals surface area contributed by atoms with E-state index in [2.05, 4.69) is 20.4 Å². The van der Waals surface area contributed by atoms with Gasteiger partial charge in [-0.05, 0) is 45.0 Å². The van der Waals surface area contributed by atoms with Crippen LogP contribution in [0, 0.1) is 0 Å². The van der Waals surface area contributed by atoms with Crippen molar-refractivity contribution in [3.8, 4) is 0 Å². The molecule has 2 N–H and O–H groups in total. The number of fused-ring (bicyclic) bond motifs is 1. The van der Waals surface area contributed by atoms with Crippen molar-refractivity contribution in [2.24, 2.45) is 0 Å². The molecule has 1 aliphatic heterocycles. The van der Waals surface area contributed by atoms with E-state index in [0.29, 0.717) is 17.6 Å². The summed E-state index contributed by atoms with van der Waals surface area (Å²) in [4.78, 5) is 26.5. The number of aromatic nitrogens is 2. The highest BCUT2D eigenvalue weighted by atomic mass is 35.5. The number of hydrogen-bond acceptors (Lipinski definition) is 4. The summed E-state index contributed by atoms with van der Waals surface area (Å²) in [6.45, 7) is 4.08. The highest BCUT2D eigenvalue weighted by Crippen LogP contribution is 2.13. The monoisotopic (exact) mass is 378 g/mol. The first-order valence-corrected chi connectivity index (χ1v) is 9.19. The number of nitrogens with one attached hydrogen (secondary N) is 2. The van der Waals surface area contributed by atoms with E-state index in [1.54, 1.807) is 6.07 Å². The van der Waals surface area contributed by atoms with E-state index in [4.69, 9.17) is 0 Å². The van der Waals surface area contributed by atoms with Crippen molar-refractivity contribution in [3.63, 3.8) is 0 Å². The number of aromatic amines is 1. The molecule has 6 nitrogen and oxygen atoms in total. The van der Waals surface area contributed by atoms with Gasteiger partial charge in [-0.15, -0.1) is 12.4 Å². The van der Waals surface area contributed by atoms with Gasteiger partial charge in [-0.3, -0.25) is 9.59 Å². The zero-order chi connectivity index (χ0) is 17.5. The van der Waals surface area contributed by atoms with Crippen molar-refractivity contribution in [1.82, 2.24) is 20.4 Å². The Bertz CT molecular complexity index is 769. The number of likely N-dealkylation sites (tertiary alicyclic amines) is 1. The lowest BCUT2D eigenvalue weighted by Crippen LogP contribution is -2.31. The molecular formula is C19H27ClN4O2. The summed E-state index contributed by atoms with van der Waals surface area (Å²) in [5.41, 5.74) is 0.387. The number of hydrogen-bond donors (Lipinski definition) is 2. The van der Waals surface area contributed by atoms with E-state index >= 15 is 0 Å². The van der Waals surface area contributed by atoms with Crippen molar-refractivity contribution in [1.29, 1.82) is 0 Å². The molecule has 1 fully saturated rings. The maximum Gasteiger partial charge on any atom is 0.272 e. The zero-order valence-corrected chi connectivity index (χ0v) is 15.8. The Morgan fingerprint density at radius 2 is 1.81 bits per heavy atom.